The van der Waals surface area contributed by atoms with Gasteiger partial charge in [0.05, 0.1) is 13.3 Å². The van der Waals surface area contributed by atoms with Gasteiger partial charge in [0.15, 0.2) is 11.5 Å². The lowest BCUT2D eigenvalue weighted by Crippen LogP contribution is -2.39. The maximum absolute atomic E-state index is 12.8. The number of ether oxygens (including phenoxy) is 2. The van der Waals surface area contributed by atoms with Crippen LogP contribution in [0.25, 0.3) is 0 Å². The molecule has 0 N–H and O–H groups in total. The van der Waals surface area contributed by atoms with Gasteiger partial charge in [-0.2, -0.15) is 0 Å². The number of carbonyl (C=O) groups is 1. The van der Waals surface area contributed by atoms with E-state index >= 15 is 0 Å². The van der Waals surface area contributed by atoms with Gasteiger partial charge in [-0.05, 0) is 25.0 Å². The van der Waals surface area contributed by atoms with Crippen LogP contribution in [0.3, 0.4) is 0 Å². The molecule has 0 aliphatic carbocycles. The molecule has 8 heteroatoms. The number of hydrogen-bond donors (Lipinski definition) is 0. The SMILES string of the molecule is COc1ccccc1Oc1nccnc1[C@H]1CCCN(C(=O)c2cnccn2)C1. The second-order valence-corrected chi connectivity index (χ2v) is 6.68. The van der Waals surface area contributed by atoms with E-state index in [1.54, 1.807) is 30.6 Å². The monoisotopic (exact) mass is 391 g/mol. The van der Waals surface area contributed by atoms with Crippen molar-refractivity contribution >= 4 is 5.91 Å². The summed E-state index contributed by atoms with van der Waals surface area (Å²) >= 11 is 0. The summed E-state index contributed by atoms with van der Waals surface area (Å²) < 4.78 is 11.4. The maximum Gasteiger partial charge on any atom is 0.274 e. The van der Waals surface area contributed by atoms with Crippen molar-refractivity contribution in [3.63, 3.8) is 0 Å². The fraction of sp³-hybridized carbons (Fsp3) is 0.286. The first kappa shape index (κ1) is 18.8. The summed E-state index contributed by atoms with van der Waals surface area (Å²) in [6, 6.07) is 7.39. The molecule has 1 atom stereocenters. The van der Waals surface area contributed by atoms with Crippen molar-refractivity contribution in [1.29, 1.82) is 0 Å². The van der Waals surface area contributed by atoms with E-state index in [0.29, 0.717) is 36.2 Å². The Kier molecular flexibility index (Phi) is 5.60. The van der Waals surface area contributed by atoms with Crippen molar-refractivity contribution in [2.45, 2.75) is 18.8 Å². The average molecular weight is 391 g/mol. The number of rotatable bonds is 5. The average Bonchev–Trinajstić information content (AvgIpc) is 2.80. The molecular formula is C21H21N5O3. The van der Waals surface area contributed by atoms with Gasteiger partial charge in [-0.3, -0.25) is 14.8 Å². The first-order valence-corrected chi connectivity index (χ1v) is 9.43. The summed E-state index contributed by atoms with van der Waals surface area (Å²) in [5, 5.41) is 0. The lowest BCUT2D eigenvalue weighted by atomic mass is 9.94. The number of nitrogens with zero attached hydrogens (tertiary/aromatic N) is 5. The number of likely N-dealkylation sites (tertiary alicyclic amines) is 1. The van der Waals surface area contributed by atoms with Gasteiger partial charge < -0.3 is 14.4 Å². The topological polar surface area (TPSA) is 90.3 Å². The van der Waals surface area contributed by atoms with E-state index in [4.69, 9.17) is 9.47 Å². The zero-order chi connectivity index (χ0) is 20.1. The van der Waals surface area contributed by atoms with Crippen molar-refractivity contribution in [2.24, 2.45) is 0 Å². The zero-order valence-corrected chi connectivity index (χ0v) is 16.1. The minimum Gasteiger partial charge on any atom is -0.493 e. The molecule has 8 nitrogen and oxygen atoms in total. The third kappa shape index (κ3) is 4.16. The molecule has 1 aromatic carbocycles. The summed E-state index contributed by atoms with van der Waals surface area (Å²) in [5.41, 5.74) is 1.08. The molecule has 1 amide bonds. The van der Waals surface area contributed by atoms with E-state index in [9.17, 15) is 4.79 Å². The highest BCUT2D eigenvalue weighted by Gasteiger charge is 2.29. The lowest BCUT2D eigenvalue weighted by molar-refractivity contribution is 0.0698. The molecule has 0 radical (unpaired) electrons. The smallest absolute Gasteiger partial charge is 0.274 e. The van der Waals surface area contributed by atoms with Gasteiger partial charge in [0.25, 0.3) is 5.91 Å². The summed E-state index contributed by atoms with van der Waals surface area (Å²) in [7, 11) is 1.59. The number of carbonyl (C=O) groups excluding carboxylic acids is 1. The van der Waals surface area contributed by atoms with E-state index < -0.39 is 0 Å². The molecule has 1 aliphatic rings. The van der Waals surface area contributed by atoms with Crippen molar-refractivity contribution in [3.8, 4) is 17.4 Å². The summed E-state index contributed by atoms with van der Waals surface area (Å²) in [4.78, 5) is 31.6. The molecule has 3 heterocycles. The van der Waals surface area contributed by atoms with Gasteiger partial charge in [-0.25, -0.2) is 9.97 Å². The molecule has 1 aliphatic heterocycles. The fourth-order valence-corrected chi connectivity index (χ4v) is 3.46. The molecule has 29 heavy (non-hydrogen) atoms. The van der Waals surface area contributed by atoms with E-state index in [-0.39, 0.29) is 11.8 Å². The first-order valence-electron chi connectivity index (χ1n) is 9.43. The van der Waals surface area contributed by atoms with Gasteiger partial charge in [0.1, 0.15) is 11.4 Å². The minimum absolute atomic E-state index is 0.0165. The lowest BCUT2D eigenvalue weighted by Gasteiger charge is -2.32. The Bertz CT molecular complexity index is 983. The standard InChI is InChI=1S/C21H21N5O3/c1-28-17-6-2-3-7-18(17)29-20-19(24-10-11-25-20)15-5-4-12-26(14-15)21(27)16-13-22-8-9-23-16/h2-3,6-11,13,15H,4-5,12,14H2,1H3/t15-/m0/s1. The van der Waals surface area contributed by atoms with E-state index in [1.807, 2.05) is 24.3 Å². The number of benzene rings is 1. The Morgan fingerprint density at radius 3 is 2.66 bits per heavy atom. The number of piperidine rings is 1. The Morgan fingerprint density at radius 2 is 1.86 bits per heavy atom. The highest BCUT2D eigenvalue weighted by atomic mass is 16.5. The molecule has 148 valence electrons. The highest BCUT2D eigenvalue weighted by Crippen LogP contribution is 2.35. The normalized spacial score (nSPS) is 16.3. The number of aromatic nitrogens is 4. The molecule has 0 bridgehead atoms. The molecular weight excluding hydrogens is 370 g/mol. The molecule has 1 fully saturated rings. The Hall–Kier alpha value is -3.55. The Balaban J connectivity index is 1.56. The first-order chi connectivity index (χ1) is 14.3. The van der Waals surface area contributed by atoms with Crippen molar-refractivity contribution in [3.05, 3.63) is 66.6 Å². The van der Waals surface area contributed by atoms with E-state index in [2.05, 4.69) is 19.9 Å². The Labute approximate surface area is 168 Å². The molecule has 4 rings (SSSR count). The van der Waals surface area contributed by atoms with Crippen LogP contribution in [0, 0.1) is 0 Å². The quantitative estimate of drug-likeness (QED) is 0.660. The molecule has 1 saturated heterocycles. The maximum atomic E-state index is 12.8. The van der Waals surface area contributed by atoms with E-state index in [0.717, 1.165) is 18.5 Å². The molecule has 2 aromatic heterocycles. The van der Waals surface area contributed by atoms with E-state index in [1.165, 1.54) is 12.4 Å². The third-order valence-electron chi connectivity index (χ3n) is 4.84. The molecule has 0 spiro atoms. The molecule has 0 saturated carbocycles. The van der Waals surface area contributed by atoms with Gasteiger partial charge in [0.2, 0.25) is 5.88 Å². The predicted octanol–water partition coefficient (Wildman–Crippen LogP) is 3.09. The van der Waals surface area contributed by atoms with Crippen LogP contribution in [0.2, 0.25) is 0 Å². The van der Waals surface area contributed by atoms with Crippen molar-refractivity contribution < 1.29 is 14.3 Å². The third-order valence-corrected chi connectivity index (χ3v) is 4.84. The summed E-state index contributed by atoms with van der Waals surface area (Å²) in [5.74, 6) is 1.50. The number of methoxy groups -OCH3 is 1. The Morgan fingerprint density at radius 1 is 1.07 bits per heavy atom. The zero-order valence-electron chi connectivity index (χ0n) is 16.1. The summed E-state index contributed by atoms with van der Waals surface area (Å²) in [6.45, 7) is 1.20. The second-order valence-electron chi connectivity index (χ2n) is 6.68. The van der Waals surface area contributed by atoms with Crippen molar-refractivity contribution in [1.82, 2.24) is 24.8 Å². The van der Waals surface area contributed by atoms with Crippen LogP contribution < -0.4 is 9.47 Å². The summed E-state index contributed by atoms with van der Waals surface area (Å²) in [6.07, 6.45) is 9.57. The number of para-hydroxylation sites is 2. The van der Waals surface area contributed by atoms with Crippen LogP contribution >= 0.6 is 0 Å². The van der Waals surface area contributed by atoms with Crippen LogP contribution in [-0.4, -0.2) is 50.9 Å². The van der Waals surface area contributed by atoms with Crippen molar-refractivity contribution in [2.75, 3.05) is 20.2 Å². The molecule has 0 unspecified atom stereocenters. The number of amides is 1. The largest absolute Gasteiger partial charge is 0.493 e. The molecule has 3 aromatic rings. The van der Waals surface area contributed by atoms with Gasteiger partial charge >= 0.3 is 0 Å². The van der Waals surface area contributed by atoms with Gasteiger partial charge in [-0.15, -0.1) is 0 Å². The number of hydrogen-bond acceptors (Lipinski definition) is 7. The minimum atomic E-state index is -0.126. The van der Waals surface area contributed by atoms with Gasteiger partial charge in [0, 0.05) is 43.8 Å². The predicted molar refractivity (Wildman–Crippen MR) is 105 cm³/mol. The highest BCUT2D eigenvalue weighted by molar-refractivity contribution is 5.92. The van der Waals surface area contributed by atoms with Crippen LogP contribution in [0.1, 0.15) is 34.9 Å². The fourth-order valence-electron chi connectivity index (χ4n) is 3.46. The van der Waals surface area contributed by atoms with Crippen LogP contribution in [0.15, 0.2) is 55.2 Å². The van der Waals surface area contributed by atoms with Crippen LogP contribution in [0.4, 0.5) is 0 Å². The van der Waals surface area contributed by atoms with Crippen LogP contribution in [-0.2, 0) is 0 Å². The van der Waals surface area contributed by atoms with Crippen LogP contribution in [0.5, 0.6) is 17.4 Å². The second kappa shape index (κ2) is 8.64. The van der Waals surface area contributed by atoms with Gasteiger partial charge in [-0.1, -0.05) is 12.1 Å².